The van der Waals surface area contributed by atoms with E-state index in [1.54, 1.807) is 18.2 Å². The second kappa shape index (κ2) is 12.5. The van der Waals surface area contributed by atoms with Crippen molar-refractivity contribution in [1.82, 2.24) is 10.2 Å². The predicted octanol–water partition coefficient (Wildman–Crippen LogP) is 5.35. The third-order valence-corrected chi connectivity index (χ3v) is 7.03. The first kappa shape index (κ1) is 28.5. The van der Waals surface area contributed by atoms with Crippen molar-refractivity contribution in [3.05, 3.63) is 76.3 Å². The molecule has 2 atom stereocenters. The van der Waals surface area contributed by atoms with Crippen LogP contribution in [0.1, 0.15) is 24.0 Å². The Balaban J connectivity index is 1.43. The van der Waals surface area contributed by atoms with Gasteiger partial charge in [-0.15, -0.1) is 0 Å². The molecule has 0 bridgehead atoms. The van der Waals surface area contributed by atoms with Crippen molar-refractivity contribution < 1.29 is 37.0 Å². The number of amides is 3. The van der Waals surface area contributed by atoms with Crippen LogP contribution < -0.4 is 10.2 Å². The number of anilines is 1. The molecule has 2 saturated heterocycles. The number of carbonyl (C=O) groups is 3. The molecule has 0 aliphatic carbocycles. The molecular formula is C27H27BrF3N3O5. The van der Waals surface area contributed by atoms with Crippen molar-refractivity contribution in [2.24, 2.45) is 0 Å². The van der Waals surface area contributed by atoms with Gasteiger partial charge in [0.2, 0.25) is 0 Å². The van der Waals surface area contributed by atoms with E-state index in [1.807, 2.05) is 30.3 Å². The summed E-state index contributed by atoms with van der Waals surface area (Å²) in [7, 11) is 0. The van der Waals surface area contributed by atoms with E-state index in [0.717, 1.165) is 17.5 Å². The zero-order valence-corrected chi connectivity index (χ0v) is 22.4. The molecule has 0 aromatic heterocycles. The molecule has 39 heavy (non-hydrogen) atoms. The van der Waals surface area contributed by atoms with Gasteiger partial charge in [0.1, 0.15) is 13.2 Å². The summed E-state index contributed by atoms with van der Waals surface area (Å²) in [5.41, 5.74) is 1.63. The van der Waals surface area contributed by atoms with Crippen molar-refractivity contribution >= 4 is 39.7 Å². The lowest BCUT2D eigenvalue weighted by Crippen LogP contribution is -2.42. The Kier molecular flexibility index (Phi) is 9.16. The van der Waals surface area contributed by atoms with Crippen LogP contribution in [0.3, 0.4) is 0 Å². The first-order valence-corrected chi connectivity index (χ1v) is 13.2. The number of benzene rings is 2. The fourth-order valence-electron chi connectivity index (χ4n) is 4.51. The number of carbonyl (C=O) groups excluding carboxylic acids is 3. The molecule has 0 radical (unpaired) electrons. The summed E-state index contributed by atoms with van der Waals surface area (Å²) in [5, 5.41) is 2.64. The molecule has 0 spiro atoms. The van der Waals surface area contributed by atoms with Crippen LogP contribution >= 0.6 is 15.9 Å². The Morgan fingerprint density at radius 1 is 1.18 bits per heavy atom. The molecule has 2 aliphatic rings. The van der Waals surface area contributed by atoms with Gasteiger partial charge in [0.05, 0.1) is 17.8 Å². The Morgan fingerprint density at radius 3 is 2.62 bits per heavy atom. The smallest absolute Gasteiger partial charge is 0.447 e. The summed E-state index contributed by atoms with van der Waals surface area (Å²) < 4.78 is 51.0. The van der Waals surface area contributed by atoms with E-state index in [0.29, 0.717) is 28.8 Å². The van der Waals surface area contributed by atoms with Gasteiger partial charge in [0, 0.05) is 17.6 Å². The second-order valence-electron chi connectivity index (χ2n) is 9.21. The van der Waals surface area contributed by atoms with Gasteiger partial charge >= 0.3 is 24.3 Å². The summed E-state index contributed by atoms with van der Waals surface area (Å²) in [6.45, 7) is 0.420. The Morgan fingerprint density at radius 2 is 1.95 bits per heavy atom. The Hall–Kier alpha value is -3.54. The van der Waals surface area contributed by atoms with Crippen molar-refractivity contribution in [3.63, 3.8) is 0 Å². The van der Waals surface area contributed by atoms with Crippen LogP contribution in [0, 0.1) is 0 Å². The fraction of sp³-hybridized carbons (Fsp3) is 0.370. The van der Waals surface area contributed by atoms with Gasteiger partial charge in [-0.2, -0.15) is 13.2 Å². The highest BCUT2D eigenvalue weighted by molar-refractivity contribution is 9.10. The number of hydrogen-bond donors (Lipinski definition) is 1. The lowest BCUT2D eigenvalue weighted by molar-refractivity contribution is -0.170. The van der Waals surface area contributed by atoms with Crippen LogP contribution in [0.25, 0.3) is 0 Å². The maximum atomic E-state index is 13.5. The van der Waals surface area contributed by atoms with Gasteiger partial charge in [-0.25, -0.2) is 9.59 Å². The third kappa shape index (κ3) is 7.53. The monoisotopic (exact) mass is 609 g/mol. The summed E-state index contributed by atoms with van der Waals surface area (Å²) >= 11 is 3.29. The summed E-state index contributed by atoms with van der Waals surface area (Å²) in [6.07, 6.45) is -1.25. The third-order valence-electron chi connectivity index (χ3n) is 6.40. The maximum Gasteiger partial charge on any atom is 0.471 e. The van der Waals surface area contributed by atoms with E-state index in [2.05, 4.69) is 21.2 Å². The molecule has 208 valence electrons. The molecule has 2 aromatic rings. The van der Waals surface area contributed by atoms with Gasteiger partial charge in [-0.05, 0) is 58.5 Å². The molecule has 2 fully saturated rings. The van der Waals surface area contributed by atoms with Crippen molar-refractivity contribution in [2.45, 2.75) is 44.1 Å². The van der Waals surface area contributed by atoms with E-state index in [9.17, 15) is 27.6 Å². The number of alkyl carbamates (subject to hydrolysis) is 1. The number of likely N-dealkylation sites (tertiary alicyclic amines) is 1. The number of cyclic esters (lactones) is 1. The van der Waals surface area contributed by atoms with E-state index in [1.165, 1.54) is 17.0 Å². The Labute approximate surface area is 231 Å². The predicted molar refractivity (Wildman–Crippen MR) is 140 cm³/mol. The highest BCUT2D eigenvalue weighted by Crippen LogP contribution is 2.32. The number of nitrogens with one attached hydrogen (secondary N) is 1. The average Bonchev–Trinajstić information content (AvgIpc) is 3.54. The SMILES string of the molecule is O=C1N[C@@H](Cc2ccc(N(CC=C[C@H]3CCCN3C(=O)OCc3ccccc3)C(=O)C(F)(F)F)c(Br)c2)CO1. The van der Waals surface area contributed by atoms with Crippen LogP contribution in [0.2, 0.25) is 0 Å². The van der Waals surface area contributed by atoms with Gasteiger partial charge in [0.15, 0.2) is 0 Å². The zero-order chi connectivity index (χ0) is 28.0. The number of ether oxygens (including phenoxy) is 2. The molecule has 2 aromatic carbocycles. The molecule has 2 heterocycles. The van der Waals surface area contributed by atoms with Gasteiger partial charge in [-0.3, -0.25) is 9.69 Å². The highest BCUT2D eigenvalue weighted by atomic mass is 79.9. The second-order valence-corrected chi connectivity index (χ2v) is 10.1. The molecule has 4 rings (SSSR count). The fourth-order valence-corrected chi connectivity index (χ4v) is 5.15. The van der Waals surface area contributed by atoms with E-state index >= 15 is 0 Å². The first-order chi connectivity index (χ1) is 18.6. The minimum atomic E-state index is -5.09. The van der Waals surface area contributed by atoms with Crippen LogP contribution in [0.4, 0.5) is 28.4 Å². The lowest BCUT2D eigenvalue weighted by Gasteiger charge is -2.25. The molecule has 12 heteroatoms. The molecule has 2 aliphatic heterocycles. The zero-order valence-electron chi connectivity index (χ0n) is 20.8. The van der Waals surface area contributed by atoms with Gasteiger partial charge in [-0.1, -0.05) is 48.6 Å². The summed E-state index contributed by atoms with van der Waals surface area (Å²) in [4.78, 5) is 38.4. The normalized spacial score (nSPS) is 19.2. The van der Waals surface area contributed by atoms with E-state index in [-0.39, 0.29) is 37.5 Å². The van der Waals surface area contributed by atoms with Crippen LogP contribution in [-0.4, -0.2) is 60.9 Å². The molecule has 0 saturated carbocycles. The van der Waals surface area contributed by atoms with E-state index in [4.69, 9.17) is 9.47 Å². The number of halogens is 4. The number of rotatable bonds is 8. The maximum absolute atomic E-state index is 13.5. The highest BCUT2D eigenvalue weighted by Gasteiger charge is 2.43. The minimum absolute atomic E-state index is 0.0444. The summed E-state index contributed by atoms with van der Waals surface area (Å²) in [6, 6.07) is 13.3. The van der Waals surface area contributed by atoms with Crippen molar-refractivity contribution in [1.29, 1.82) is 0 Å². The van der Waals surface area contributed by atoms with Crippen molar-refractivity contribution in [3.8, 4) is 0 Å². The standard InChI is InChI=1S/C27H27BrF3N3O5/c28-22-15-19(14-20-17-38-25(36)32-20)10-11-23(22)34(24(35)27(29,30)31)13-5-9-21-8-4-12-33(21)26(37)39-16-18-6-2-1-3-7-18/h1-3,5-7,9-11,15,20-21H,4,8,12-14,16-17H2,(H,32,36)/t20-,21+/m0/s1. The van der Waals surface area contributed by atoms with Gasteiger partial charge < -0.3 is 19.7 Å². The lowest BCUT2D eigenvalue weighted by atomic mass is 10.1. The topological polar surface area (TPSA) is 88.2 Å². The molecule has 1 N–H and O–H groups in total. The van der Waals surface area contributed by atoms with E-state index < -0.39 is 24.3 Å². The molecular weight excluding hydrogens is 583 g/mol. The van der Waals surface area contributed by atoms with Crippen LogP contribution in [0.5, 0.6) is 0 Å². The van der Waals surface area contributed by atoms with Crippen molar-refractivity contribution in [2.75, 3.05) is 24.6 Å². The average molecular weight is 610 g/mol. The number of nitrogens with zero attached hydrogens (tertiary/aromatic N) is 2. The Bertz CT molecular complexity index is 1220. The molecule has 3 amide bonds. The number of hydrogen-bond acceptors (Lipinski definition) is 5. The molecule has 8 nitrogen and oxygen atoms in total. The summed E-state index contributed by atoms with van der Waals surface area (Å²) in [5.74, 6) is -2.01. The van der Waals surface area contributed by atoms with Crippen LogP contribution in [0.15, 0.2) is 65.2 Å². The van der Waals surface area contributed by atoms with Gasteiger partial charge in [0.25, 0.3) is 0 Å². The molecule has 0 unspecified atom stereocenters. The quantitative estimate of drug-likeness (QED) is 0.408. The number of alkyl halides is 3. The first-order valence-electron chi connectivity index (χ1n) is 12.4. The minimum Gasteiger partial charge on any atom is -0.447 e. The largest absolute Gasteiger partial charge is 0.471 e. The van der Waals surface area contributed by atoms with Crippen LogP contribution in [-0.2, 0) is 27.3 Å².